The second-order valence-corrected chi connectivity index (χ2v) is 2.29. The summed E-state index contributed by atoms with van der Waals surface area (Å²) in [4.78, 5) is 10.0. The highest BCUT2D eigenvalue weighted by Gasteiger charge is 2.14. The fourth-order valence-corrected chi connectivity index (χ4v) is 1.03. The van der Waals surface area contributed by atoms with Gasteiger partial charge in [-0.2, -0.15) is 0 Å². The summed E-state index contributed by atoms with van der Waals surface area (Å²) in [6, 6.07) is 0. The van der Waals surface area contributed by atoms with Crippen molar-refractivity contribution in [1.29, 1.82) is 0 Å². The third kappa shape index (κ3) is 1.47. The number of rotatable bonds is 0. The Morgan fingerprint density at radius 1 is 1.50 bits per heavy atom. The monoisotopic (exact) mass is 166 g/mol. The third-order valence-electron chi connectivity index (χ3n) is 1.56. The normalized spacial score (nSPS) is 12.8. The van der Waals surface area contributed by atoms with E-state index >= 15 is 0 Å². The molecule has 0 saturated heterocycles. The van der Waals surface area contributed by atoms with Crippen molar-refractivity contribution < 1.29 is 0 Å². The molecule has 0 atom stereocenters. The topological polar surface area (TPSA) is 41.0 Å². The van der Waals surface area contributed by atoms with Crippen LogP contribution in [0.15, 0.2) is 12.5 Å². The molecule has 2 heterocycles. The smallest absolute Gasteiger partial charge is 0.156 e. The molecule has 1 aliphatic heterocycles. The summed E-state index contributed by atoms with van der Waals surface area (Å²) in [7, 11) is 1.99. The van der Waals surface area contributed by atoms with E-state index in [2.05, 4.69) is 15.3 Å². The van der Waals surface area contributed by atoms with Crippen LogP contribution in [0.25, 0.3) is 0 Å². The van der Waals surface area contributed by atoms with Crippen LogP contribution in [0.2, 0.25) is 0 Å². The molecule has 12 heavy (non-hydrogen) atoms. The van der Waals surface area contributed by atoms with Gasteiger partial charge in [-0.1, -0.05) is 13.8 Å². The Bertz CT molecular complexity index is 249. The molecule has 1 aliphatic rings. The standard InChI is InChI=1S/C6H8N4.C2H6/c1-10-4-9-5-2-7-3-8-6(5)10;1-2/h2-3,9H,4H2,1H3;1-2H3. The number of nitrogens with one attached hydrogen (secondary N) is 1. The fourth-order valence-electron chi connectivity index (χ4n) is 1.03. The molecule has 0 amide bonds. The van der Waals surface area contributed by atoms with E-state index in [1.165, 1.54) is 0 Å². The van der Waals surface area contributed by atoms with Crippen LogP contribution in [-0.2, 0) is 0 Å². The van der Waals surface area contributed by atoms with Crippen molar-refractivity contribution in [2.45, 2.75) is 13.8 Å². The van der Waals surface area contributed by atoms with Crippen LogP contribution < -0.4 is 10.2 Å². The summed E-state index contributed by atoms with van der Waals surface area (Å²) in [6.45, 7) is 4.83. The van der Waals surface area contributed by atoms with Crippen molar-refractivity contribution in [2.24, 2.45) is 0 Å². The summed E-state index contributed by atoms with van der Waals surface area (Å²) in [5.74, 6) is 0.981. The number of aromatic nitrogens is 2. The molecule has 0 saturated carbocycles. The largest absolute Gasteiger partial charge is 0.363 e. The molecular weight excluding hydrogens is 152 g/mol. The van der Waals surface area contributed by atoms with E-state index in [4.69, 9.17) is 0 Å². The summed E-state index contributed by atoms with van der Waals surface area (Å²) in [5.41, 5.74) is 1.02. The minimum Gasteiger partial charge on any atom is -0.363 e. The third-order valence-corrected chi connectivity index (χ3v) is 1.56. The lowest BCUT2D eigenvalue weighted by molar-refractivity contribution is 1.00. The quantitative estimate of drug-likeness (QED) is 0.631. The van der Waals surface area contributed by atoms with E-state index in [1.807, 2.05) is 25.8 Å². The van der Waals surface area contributed by atoms with Crippen LogP contribution >= 0.6 is 0 Å². The fraction of sp³-hybridized carbons (Fsp3) is 0.500. The maximum atomic E-state index is 4.09. The number of fused-ring (bicyclic) bond motifs is 1. The van der Waals surface area contributed by atoms with Crippen LogP contribution in [-0.4, -0.2) is 23.7 Å². The van der Waals surface area contributed by atoms with Gasteiger partial charge in [0.25, 0.3) is 0 Å². The van der Waals surface area contributed by atoms with Gasteiger partial charge in [0.05, 0.1) is 18.6 Å². The van der Waals surface area contributed by atoms with Crippen LogP contribution in [0, 0.1) is 0 Å². The van der Waals surface area contributed by atoms with Crippen molar-refractivity contribution in [3.05, 3.63) is 12.5 Å². The second kappa shape index (κ2) is 3.90. The first-order chi connectivity index (χ1) is 5.88. The highest BCUT2D eigenvalue weighted by molar-refractivity contribution is 5.68. The van der Waals surface area contributed by atoms with E-state index < -0.39 is 0 Å². The van der Waals surface area contributed by atoms with Gasteiger partial charge < -0.3 is 10.2 Å². The van der Waals surface area contributed by atoms with Gasteiger partial charge in [-0.15, -0.1) is 0 Å². The zero-order valence-corrected chi connectivity index (χ0v) is 7.70. The zero-order valence-electron chi connectivity index (χ0n) is 7.70. The van der Waals surface area contributed by atoms with Crippen LogP contribution in [0.5, 0.6) is 0 Å². The SMILES string of the molecule is CC.CN1CNc2cncnc21. The van der Waals surface area contributed by atoms with E-state index in [-0.39, 0.29) is 0 Å². The maximum absolute atomic E-state index is 4.09. The van der Waals surface area contributed by atoms with Gasteiger partial charge in [0, 0.05) is 7.05 Å². The lowest BCUT2D eigenvalue weighted by Crippen LogP contribution is -2.16. The molecule has 0 fully saturated rings. The van der Waals surface area contributed by atoms with E-state index in [0.29, 0.717) is 0 Å². The first kappa shape index (κ1) is 8.77. The summed E-state index contributed by atoms with van der Waals surface area (Å²) in [5, 5.41) is 3.15. The van der Waals surface area contributed by atoms with Crippen molar-refractivity contribution in [3.63, 3.8) is 0 Å². The number of anilines is 2. The molecule has 4 nitrogen and oxygen atoms in total. The summed E-state index contributed by atoms with van der Waals surface area (Å²) in [6.07, 6.45) is 3.34. The number of hydrogen-bond acceptors (Lipinski definition) is 4. The van der Waals surface area contributed by atoms with Gasteiger partial charge in [-0.25, -0.2) is 9.97 Å². The first-order valence-corrected chi connectivity index (χ1v) is 4.13. The minimum absolute atomic E-state index is 0.827. The number of nitrogens with zero attached hydrogens (tertiary/aromatic N) is 3. The molecule has 66 valence electrons. The molecule has 2 rings (SSSR count). The predicted molar refractivity (Wildman–Crippen MR) is 50.3 cm³/mol. The molecule has 0 bridgehead atoms. The maximum Gasteiger partial charge on any atom is 0.156 e. The first-order valence-electron chi connectivity index (χ1n) is 4.13. The Kier molecular flexibility index (Phi) is 2.85. The lowest BCUT2D eigenvalue weighted by Gasteiger charge is -2.06. The van der Waals surface area contributed by atoms with E-state index in [1.54, 1.807) is 12.5 Å². The van der Waals surface area contributed by atoms with Crippen LogP contribution in [0.3, 0.4) is 0 Å². The van der Waals surface area contributed by atoms with E-state index in [9.17, 15) is 0 Å². The Hall–Kier alpha value is -1.32. The lowest BCUT2D eigenvalue weighted by atomic mass is 10.5. The Balaban J connectivity index is 0.000000336. The molecule has 1 aromatic heterocycles. The van der Waals surface area contributed by atoms with Gasteiger partial charge in [0.1, 0.15) is 6.33 Å². The molecular formula is C8H14N4. The number of hydrogen-bond donors (Lipinski definition) is 1. The Labute approximate surface area is 72.6 Å². The van der Waals surface area contributed by atoms with E-state index in [0.717, 1.165) is 18.2 Å². The Morgan fingerprint density at radius 3 is 2.92 bits per heavy atom. The van der Waals surface area contributed by atoms with Crippen LogP contribution in [0.1, 0.15) is 13.8 Å². The zero-order chi connectivity index (χ0) is 8.97. The summed E-state index contributed by atoms with van der Waals surface area (Å²) < 4.78 is 0. The molecule has 0 radical (unpaired) electrons. The van der Waals surface area contributed by atoms with Crippen molar-refractivity contribution in [1.82, 2.24) is 9.97 Å². The molecule has 0 aliphatic carbocycles. The molecule has 4 heteroatoms. The average molecular weight is 166 g/mol. The van der Waals surface area contributed by atoms with Crippen molar-refractivity contribution >= 4 is 11.5 Å². The highest BCUT2D eigenvalue weighted by atomic mass is 15.3. The summed E-state index contributed by atoms with van der Waals surface area (Å²) >= 11 is 0. The van der Waals surface area contributed by atoms with Gasteiger partial charge >= 0.3 is 0 Å². The Morgan fingerprint density at radius 2 is 2.25 bits per heavy atom. The van der Waals surface area contributed by atoms with Gasteiger partial charge in [-0.3, -0.25) is 0 Å². The molecule has 0 spiro atoms. The molecule has 0 unspecified atom stereocenters. The van der Waals surface area contributed by atoms with Crippen LogP contribution in [0.4, 0.5) is 11.5 Å². The van der Waals surface area contributed by atoms with Gasteiger partial charge in [-0.05, 0) is 0 Å². The minimum atomic E-state index is 0.827. The van der Waals surface area contributed by atoms with Gasteiger partial charge in [0.2, 0.25) is 0 Å². The van der Waals surface area contributed by atoms with Gasteiger partial charge in [0.15, 0.2) is 5.82 Å². The molecule has 0 aromatic carbocycles. The second-order valence-electron chi connectivity index (χ2n) is 2.29. The predicted octanol–water partition coefficient (Wildman–Crippen LogP) is 1.32. The molecule has 1 aromatic rings. The molecule has 1 N–H and O–H groups in total. The van der Waals surface area contributed by atoms with Crippen molar-refractivity contribution in [3.8, 4) is 0 Å². The average Bonchev–Trinajstić information content (AvgIpc) is 2.53. The van der Waals surface area contributed by atoms with Crippen molar-refractivity contribution in [2.75, 3.05) is 23.9 Å². The highest BCUT2D eigenvalue weighted by Crippen LogP contribution is 2.24.